The van der Waals surface area contributed by atoms with Crippen LogP contribution >= 0.6 is 0 Å². The molecule has 84 valence electrons. The van der Waals surface area contributed by atoms with Crippen LogP contribution in [0.2, 0.25) is 0 Å². The average molecular weight is 223 g/mol. The van der Waals surface area contributed by atoms with E-state index >= 15 is 0 Å². The van der Waals surface area contributed by atoms with Gasteiger partial charge in [0.25, 0.3) is 0 Å². The SMILES string of the molecule is C=Cc1ccc(C=Nc2ccccc2O)cc1. The molecule has 2 aromatic rings. The van der Waals surface area contributed by atoms with E-state index in [2.05, 4.69) is 11.6 Å². The van der Waals surface area contributed by atoms with Crippen molar-refractivity contribution in [3.05, 3.63) is 66.2 Å². The number of para-hydroxylation sites is 2. The van der Waals surface area contributed by atoms with E-state index in [4.69, 9.17) is 0 Å². The van der Waals surface area contributed by atoms with Crippen molar-refractivity contribution in [2.24, 2.45) is 4.99 Å². The first-order chi connectivity index (χ1) is 8.29. The van der Waals surface area contributed by atoms with Gasteiger partial charge < -0.3 is 5.11 Å². The summed E-state index contributed by atoms with van der Waals surface area (Å²) in [6, 6.07) is 14.9. The van der Waals surface area contributed by atoms with Crippen molar-refractivity contribution < 1.29 is 5.11 Å². The van der Waals surface area contributed by atoms with Gasteiger partial charge in [-0.3, -0.25) is 4.99 Å². The van der Waals surface area contributed by atoms with Crippen LogP contribution in [0.25, 0.3) is 6.08 Å². The van der Waals surface area contributed by atoms with Gasteiger partial charge in [0.05, 0.1) is 0 Å². The van der Waals surface area contributed by atoms with Gasteiger partial charge in [-0.2, -0.15) is 0 Å². The molecule has 17 heavy (non-hydrogen) atoms. The highest BCUT2D eigenvalue weighted by molar-refractivity contribution is 5.83. The van der Waals surface area contributed by atoms with Crippen molar-refractivity contribution in [1.29, 1.82) is 0 Å². The number of phenols is 1. The second kappa shape index (κ2) is 5.12. The number of hydrogen-bond donors (Lipinski definition) is 1. The number of nitrogens with zero attached hydrogens (tertiary/aromatic N) is 1. The highest BCUT2D eigenvalue weighted by Gasteiger charge is 1.95. The summed E-state index contributed by atoms with van der Waals surface area (Å²) in [4.78, 5) is 4.23. The molecule has 2 nitrogen and oxygen atoms in total. The quantitative estimate of drug-likeness (QED) is 0.789. The minimum Gasteiger partial charge on any atom is -0.506 e. The molecule has 0 amide bonds. The largest absolute Gasteiger partial charge is 0.506 e. The molecular formula is C15H13NO. The zero-order chi connectivity index (χ0) is 12.1. The van der Waals surface area contributed by atoms with E-state index in [1.165, 1.54) is 0 Å². The van der Waals surface area contributed by atoms with Gasteiger partial charge in [-0.1, -0.05) is 49.1 Å². The summed E-state index contributed by atoms with van der Waals surface area (Å²) in [6.45, 7) is 3.70. The molecule has 0 atom stereocenters. The molecular weight excluding hydrogens is 210 g/mol. The first-order valence-electron chi connectivity index (χ1n) is 5.34. The summed E-state index contributed by atoms with van der Waals surface area (Å²) in [5.74, 6) is 0.187. The Hall–Kier alpha value is -2.35. The highest BCUT2D eigenvalue weighted by Crippen LogP contribution is 2.24. The fourth-order valence-electron chi connectivity index (χ4n) is 1.44. The minimum absolute atomic E-state index is 0.187. The van der Waals surface area contributed by atoms with E-state index in [9.17, 15) is 5.11 Å². The number of rotatable bonds is 3. The molecule has 0 unspecified atom stereocenters. The summed E-state index contributed by atoms with van der Waals surface area (Å²) in [5.41, 5.74) is 2.63. The van der Waals surface area contributed by atoms with Crippen LogP contribution < -0.4 is 0 Å². The fourth-order valence-corrected chi connectivity index (χ4v) is 1.44. The number of phenolic OH excluding ortho intramolecular Hbond substituents is 1. The van der Waals surface area contributed by atoms with E-state index in [0.717, 1.165) is 11.1 Å². The van der Waals surface area contributed by atoms with E-state index < -0.39 is 0 Å². The second-order valence-corrected chi connectivity index (χ2v) is 3.62. The van der Waals surface area contributed by atoms with Crippen LogP contribution in [0.1, 0.15) is 11.1 Å². The summed E-state index contributed by atoms with van der Waals surface area (Å²) < 4.78 is 0. The zero-order valence-electron chi connectivity index (χ0n) is 9.38. The van der Waals surface area contributed by atoms with Gasteiger partial charge in [-0.05, 0) is 23.3 Å². The third kappa shape index (κ3) is 2.82. The number of benzene rings is 2. The van der Waals surface area contributed by atoms with Crippen LogP contribution in [-0.4, -0.2) is 11.3 Å². The van der Waals surface area contributed by atoms with Crippen LogP contribution in [0.15, 0.2) is 60.1 Å². The number of aliphatic imine (C=N–C) groups is 1. The van der Waals surface area contributed by atoms with Crippen LogP contribution in [0.5, 0.6) is 5.75 Å². The molecule has 0 bridgehead atoms. The minimum atomic E-state index is 0.187. The van der Waals surface area contributed by atoms with Crippen molar-refractivity contribution in [2.75, 3.05) is 0 Å². The maximum atomic E-state index is 9.54. The monoisotopic (exact) mass is 223 g/mol. The molecule has 2 aromatic carbocycles. The Morgan fingerprint density at radius 3 is 2.24 bits per heavy atom. The fraction of sp³-hybridized carbons (Fsp3) is 0. The lowest BCUT2D eigenvalue weighted by Gasteiger charge is -1.98. The molecule has 0 aromatic heterocycles. The van der Waals surface area contributed by atoms with Crippen molar-refractivity contribution in [3.63, 3.8) is 0 Å². The molecule has 0 aliphatic carbocycles. The summed E-state index contributed by atoms with van der Waals surface area (Å²) in [6.07, 6.45) is 3.52. The molecule has 2 heteroatoms. The average Bonchev–Trinajstić information content (AvgIpc) is 2.38. The lowest BCUT2D eigenvalue weighted by Crippen LogP contribution is -1.80. The van der Waals surface area contributed by atoms with Crippen molar-refractivity contribution in [1.82, 2.24) is 0 Å². The predicted octanol–water partition coefficient (Wildman–Crippen LogP) is 3.79. The van der Waals surface area contributed by atoms with Gasteiger partial charge in [0, 0.05) is 6.21 Å². The summed E-state index contributed by atoms with van der Waals surface area (Å²) in [5, 5.41) is 9.54. The topological polar surface area (TPSA) is 32.6 Å². The van der Waals surface area contributed by atoms with Crippen LogP contribution in [-0.2, 0) is 0 Å². The maximum absolute atomic E-state index is 9.54. The standard InChI is InChI=1S/C15H13NO/c1-2-12-7-9-13(10-8-12)11-16-14-5-3-4-6-15(14)17/h2-11,17H,1H2. The Balaban J connectivity index is 2.20. The van der Waals surface area contributed by atoms with Gasteiger partial charge in [0.15, 0.2) is 0 Å². The number of aromatic hydroxyl groups is 1. The molecule has 0 fully saturated rings. The molecule has 0 aliphatic rings. The Bertz CT molecular complexity index is 541. The number of hydrogen-bond acceptors (Lipinski definition) is 2. The predicted molar refractivity (Wildman–Crippen MR) is 71.9 cm³/mol. The highest BCUT2D eigenvalue weighted by atomic mass is 16.3. The zero-order valence-corrected chi connectivity index (χ0v) is 9.38. The molecule has 2 rings (SSSR count). The summed E-state index contributed by atoms with van der Waals surface area (Å²) >= 11 is 0. The Morgan fingerprint density at radius 1 is 0.941 bits per heavy atom. The van der Waals surface area contributed by atoms with E-state index in [-0.39, 0.29) is 5.75 Å². The maximum Gasteiger partial charge on any atom is 0.141 e. The second-order valence-electron chi connectivity index (χ2n) is 3.62. The van der Waals surface area contributed by atoms with Crippen molar-refractivity contribution in [2.45, 2.75) is 0 Å². The molecule has 0 saturated heterocycles. The van der Waals surface area contributed by atoms with Crippen LogP contribution in [0.4, 0.5) is 5.69 Å². The lowest BCUT2D eigenvalue weighted by atomic mass is 10.1. The van der Waals surface area contributed by atoms with E-state index in [1.807, 2.05) is 30.3 Å². The smallest absolute Gasteiger partial charge is 0.141 e. The Morgan fingerprint density at radius 2 is 1.59 bits per heavy atom. The van der Waals surface area contributed by atoms with Crippen molar-refractivity contribution in [3.8, 4) is 5.75 Å². The normalized spacial score (nSPS) is 10.6. The Kier molecular flexibility index (Phi) is 3.36. The third-order valence-corrected chi connectivity index (χ3v) is 2.41. The van der Waals surface area contributed by atoms with Gasteiger partial charge >= 0.3 is 0 Å². The Labute approximate surface area is 101 Å². The van der Waals surface area contributed by atoms with Gasteiger partial charge in [0.2, 0.25) is 0 Å². The van der Waals surface area contributed by atoms with Gasteiger partial charge in [-0.15, -0.1) is 0 Å². The third-order valence-electron chi connectivity index (χ3n) is 2.41. The van der Waals surface area contributed by atoms with Crippen LogP contribution in [0, 0.1) is 0 Å². The van der Waals surface area contributed by atoms with Crippen molar-refractivity contribution >= 4 is 18.0 Å². The molecule has 0 spiro atoms. The van der Waals surface area contributed by atoms with E-state index in [1.54, 1.807) is 30.5 Å². The molecule has 0 aliphatic heterocycles. The van der Waals surface area contributed by atoms with Crippen LogP contribution in [0.3, 0.4) is 0 Å². The molecule has 0 radical (unpaired) electrons. The molecule has 0 heterocycles. The first-order valence-corrected chi connectivity index (χ1v) is 5.34. The van der Waals surface area contributed by atoms with Gasteiger partial charge in [-0.25, -0.2) is 0 Å². The molecule has 1 N–H and O–H groups in total. The molecule has 0 saturated carbocycles. The summed E-state index contributed by atoms with van der Waals surface area (Å²) in [7, 11) is 0. The van der Waals surface area contributed by atoms with E-state index in [0.29, 0.717) is 5.69 Å². The lowest BCUT2D eigenvalue weighted by molar-refractivity contribution is 0.477. The van der Waals surface area contributed by atoms with Gasteiger partial charge in [0.1, 0.15) is 11.4 Å². The first kappa shape index (κ1) is 11.1.